The van der Waals surface area contributed by atoms with E-state index in [9.17, 15) is 19.2 Å². The third kappa shape index (κ3) is 7.12. The van der Waals surface area contributed by atoms with Crippen molar-refractivity contribution in [3.8, 4) is 0 Å². The van der Waals surface area contributed by atoms with Crippen LogP contribution in [0.25, 0.3) is 0 Å². The molecule has 1 unspecified atom stereocenters. The minimum absolute atomic E-state index is 0.113. The summed E-state index contributed by atoms with van der Waals surface area (Å²) >= 11 is 0. The van der Waals surface area contributed by atoms with E-state index < -0.39 is 55.1 Å². The van der Waals surface area contributed by atoms with Gasteiger partial charge in [-0.1, -0.05) is 53.1 Å². The first-order valence-electron chi connectivity index (χ1n) is 13.1. The second-order valence-corrected chi connectivity index (χ2v) is 9.43. The lowest BCUT2D eigenvalue weighted by atomic mass is 10.1. The smallest absolute Gasteiger partial charge is 0.338 e. The molecule has 4 atom stereocenters. The third-order valence-electron chi connectivity index (χ3n) is 6.11. The molecule has 1 saturated heterocycles. The fourth-order valence-corrected chi connectivity index (χ4v) is 3.88. The minimum Gasteiger partial charge on any atom is -0.459 e. The van der Waals surface area contributed by atoms with Gasteiger partial charge in [-0.05, 0) is 57.2 Å². The van der Waals surface area contributed by atoms with Crippen LogP contribution in [0, 0.1) is 20.8 Å². The Hall–Kier alpha value is -4.50. The van der Waals surface area contributed by atoms with Crippen LogP contribution in [-0.2, 0) is 28.5 Å². The first-order valence-corrected chi connectivity index (χ1v) is 12.6. The van der Waals surface area contributed by atoms with Gasteiger partial charge in [0, 0.05) is 6.92 Å². The van der Waals surface area contributed by atoms with Crippen molar-refractivity contribution >= 4 is 23.9 Å². The number of benzene rings is 3. The lowest BCUT2D eigenvalue weighted by Crippen LogP contribution is -2.42. The molecule has 1 aliphatic rings. The van der Waals surface area contributed by atoms with Crippen LogP contribution in [0.1, 0.15) is 56.1 Å². The molecule has 0 bridgehead atoms. The topological polar surface area (TPSA) is 114 Å². The van der Waals surface area contributed by atoms with Gasteiger partial charge in [-0.25, -0.2) is 14.4 Å². The summed E-state index contributed by atoms with van der Waals surface area (Å²) in [5, 5.41) is 0. The highest BCUT2D eigenvalue weighted by Crippen LogP contribution is 2.30. The van der Waals surface area contributed by atoms with Crippen LogP contribution in [-0.4, -0.2) is 55.1 Å². The summed E-state index contributed by atoms with van der Waals surface area (Å²) in [5.74, 6) is -3.31. The number of esters is 4. The van der Waals surface area contributed by atoms with Crippen LogP contribution >= 0.6 is 0 Å². The van der Waals surface area contributed by atoms with Crippen molar-refractivity contribution in [1.82, 2.24) is 0 Å². The van der Waals surface area contributed by atoms with Crippen LogP contribution in [0.3, 0.4) is 0 Å². The first-order chi connectivity index (χ1) is 19.5. The van der Waals surface area contributed by atoms with E-state index in [1.165, 1.54) is 24.3 Å². The summed E-state index contributed by atoms with van der Waals surface area (Å²) in [6, 6.07) is 19.5. The molecule has 4 rings (SSSR count). The van der Waals surface area contributed by atoms with E-state index in [0.29, 0.717) is 0 Å². The number of ether oxygens (including phenoxy) is 5. The Morgan fingerprint density at radius 2 is 1.10 bits per heavy atom. The maximum atomic E-state index is 13.1. The van der Waals surface area contributed by atoms with Gasteiger partial charge in [0.15, 0.2) is 6.10 Å². The van der Waals surface area contributed by atoms with Gasteiger partial charge in [-0.2, -0.15) is 0 Å². The number of hydrogen-bond acceptors (Lipinski definition) is 9. The lowest BCUT2D eigenvalue weighted by molar-refractivity contribution is -0.187. The largest absolute Gasteiger partial charge is 0.459 e. The summed E-state index contributed by atoms with van der Waals surface area (Å²) in [4.78, 5) is 50.9. The van der Waals surface area contributed by atoms with E-state index in [1.54, 1.807) is 48.5 Å². The van der Waals surface area contributed by atoms with Crippen LogP contribution in [0.15, 0.2) is 72.8 Å². The molecule has 9 nitrogen and oxygen atoms in total. The zero-order valence-corrected chi connectivity index (χ0v) is 22.5. The van der Waals surface area contributed by atoms with E-state index in [2.05, 4.69) is 0 Å². The summed E-state index contributed by atoms with van der Waals surface area (Å²) in [5.41, 5.74) is 3.28. The molecule has 0 N–H and O–H groups in total. The molecule has 1 aliphatic heterocycles. The zero-order chi connectivity index (χ0) is 29.7. The second-order valence-electron chi connectivity index (χ2n) is 9.43. The maximum absolute atomic E-state index is 13.1. The van der Waals surface area contributed by atoms with Crippen molar-refractivity contribution in [2.75, 3.05) is 6.61 Å². The molecule has 0 radical (unpaired) electrons. The minimum atomic E-state index is -2.55. The highest BCUT2D eigenvalue weighted by atomic mass is 16.8. The number of aryl methyl sites for hydroxylation is 3. The van der Waals surface area contributed by atoms with Crippen LogP contribution < -0.4 is 0 Å². The lowest BCUT2D eigenvalue weighted by Gasteiger charge is -2.24. The van der Waals surface area contributed by atoms with E-state index >= 15 is 0 Å². The molecule has 3 aromatic rings. The Balaban J connectivity index is 1.65. The van der Waals surface area contributed by atoms with Gasteiger partial charge in [-0.15, -0.1) is 0 Å². The van der Waals surface area contributed by atoms with Gasteiger partial charge < -0.3 is 23.7 Å². The average Bonchev–Trinajstić information content (AvgIpc) is 3.17. The molecule has 40 heavy (non-hydrogen) atoms. The van der Waals surface area contributed by atoms with Crippen molar-refractivity contribution in [2.45, 2.75) is 52.3 Å². The van der Waals surface area contributed by atoms with Crippen molar-refractivity contribution in [3.05, 3.63) is 106 Å². The standard InChI is InChI=1S/C31H30O9/c1-18-5-11-22(12-6-18)28(33)36-17-25-26(39-29(34)23-13-7-19(2)8-14-23)27(31(38-25)37-21(4)32)40-30(35)24-15-9-20(3)10-16-24/h5-16,25-27,31H,17H2,1-4H3/t25-,26-,27-,31?/m1/s1/i27D. The quantitative estimate of drug-likeness (QED) is 0.297. The summed E-state index contributed by atoms with van der Waals surface area (Å²) < 4.78 is 36.7. The first kappa shape index (κ1) is 27.1. The maximum Gasteiger partial charge on any atom is 0.338 e. The molecule has 0 aliphatic carbocycles. The summed E-state index contributed by atoms with van der Waals surface area (Å²) in [6.45, 7) is 6.14. The van der Waals surface area contributed by atoms with Crippen molar-refractivity contribution in [2.24, 2.45) is 0 Å². The van der Waals surface area contributed by atoms with Gasteiger partial charge in [0.25, 0.3) is 0 Å². The number of carbonyl (C=O) groups excluding carboxylic acids is 4. The van der Waals surface area contributed by atoms with E-state index in [-0.39, 0.29) is 16.7 Å². The molecule has 0 spiro atoms. The fraction of sp³-hybridized carbons (Fsp3) is 0.290. The Bertz CT molecular complexity index is 1420. The normalized spacial score (nSPS) is 22.1. The van der Waals surface area contributed by atoms with Crippen molar-refractivity contribution in [1.29, 1.82) is 0 Å². The van der Waals surface area contributed by atoms with E-state index in [4.69, 9.17) is 25.1 Å². The molecule has 0 aromatic heterocycles. The van der Waals surface area contributed by atoms with Gasteiger partial charge in [0.05, 0.1) is 18.1 Å². The highest BCUT2D eigenvalue weighted by Gasteiger charge is 2.52. The number of hydrogen-bond donors (Lipinski definition) is 0. The highest BCUT2D eigenvalue weighted by molar-refractivity contribution is 5.91. The summed E-state index contributed by atoms with van der Waals surface area (Å²) in [6.07, 6.45) is -7.32. The predicted octanol–water partition coefficient (Wildman–Crippen LogP) is 4.51. The third-order valence-corrected chi connectivity index (χ3v) is 6.11. The van der Waals surface area contributed by atoms with Gasteiger partial charge >= 0.3 is 23.9 Å². The van der Waals surface area contributed by atoms with Crippen LogP contribution in [0.4, 0.5) is 0 Å². The molecule has 1 heterocycles. The fourth-order valence-electron chi connectivity index (χ4n) is 3.88. The SMILES string of the molecule is [2H][C@]1(OC(=O)c2ccc(C)cc2)C(OC(C)=O)O[C@H](COC(=O)c2ccc(C)cc2)[C@H]1OC(=O)c1ccc(C)cc1. The number of rotatable bonds is 8. The van der Waals surface area contributed by atoms with Crippen molar-refractivity contribution < 1.29 is 44.2 Å². The average molecular weight is 548 g/mol. The van der Waals surface area contributed by atoms with Crippen LogP contribution in [0.2, 0.25) is 0 Å². The Morgan fingerprint density at radius 1 is 0.675 bits per heavy atom. The predicted molar refractivity (Wildman–Crippen MR) is 143 cm³/mol. The van der Waals surface area contributed by atoms with Gasteiger partial charge in [-0.3, -0.25) is 4.79 Å². The molecular weight excluding hydrogens is 516 g/mol. The van der Waals surface area contributed by atoms with Gasteiger partial charge in [0.2, 0.25) is 12.4 Å². The van der Waals surface area contributed by atoms with E-state index in [1.807, 2.05) is 20.8 Å². The number of carbonyl (C=O) groups is 4. The monoisotopic (exact) mass is 547 g/mol. The molecule has 1 fully saturated rings. The Labute approximate surface area is 233 Å². The molecule has 9 heteroatoms. The van der Waals surface area contributed by atoms with E-state index in [0.717, 1.165) is 23.6 Å². The molecular formula is C31H30O9. The Kier molecular flexibility index (Phi) is 8.51. The molecule has 3 aromatic carbocycles. The summed E-state index contributed by atoms with van der Waals surface area (Å²) in [7, 11) is 0. The molecule has 0 saturated carbocycles. The second kappa shape index (κ2) is 12.6. The van der Waals surface area contributed by atoms with Crippen LogP contribution in [0.5, 0.6) is 0 Å². The van der Waals surface area contributed by atoms with Crippen molar-refractivity contribution in [3.63, 3.8) is 0 Å². The van der Waals surface area contributed by atoms with Gasteiger partial charge in [0.1, 0.15) is 12.7 Å². The Morgan fingerprint density at radius 3 is 1.55 bits per heavy atom. The zero-order valence-electron chi connectivity index (χ0n) is 23.5. The molecule has 208 valence electrons. The molecule has 0 amide bonds.